The smallest absolute Gasteiger partial charge is 0.197 e. The average molecular weight is 390 g/mol. The second-order valence-corrected chi connectivity index (χ2v) is 5.78. The number of ketones is 1. The van der Waals surface area contributed by atoms with Gasteiger partial charge in [-0.3, -0.25) is 4.79 Å². The molecule has 0 aliphatic carbocycles. The van der Waals surface area contributed by atoms with E-state index in [1.54, 1.807) is 30.3 Å². The summed E-state index contributed by atoms with van der Waals surface area (Å²) >= 11 is 15.5. The zero-order valence-corrected chi connectivity index (χ0v) is 14.3. The molecule has 0 aliphatic heterocycles. The molecule has 21 heavy (non-hydrogen) atoms. The van der Waals surface area contributed by atoms with E-state index < -0.39 is 0 Å². The summed E-state index contributed by atoms with van der Waals surface area (Å²) in [5, 5.41) is 0.726. The molecule has 0 bridgehead atoms. The summed E-state index contributed by atoms with van der Waals surface area (Å²) in [6.07, 6.45) is 0. The van der Waals surface area contributed by atoms with Gasteiger partial charge >= 0.3 is 0 Å². The maximum absolute atomic E-state index is 12.7. The molecule has 0 atom stereocenters. The summed E-state index contributed by atoms with van der Waals surface area (Å²) in [6.45, 7) is 0. The first-order chi connectivity index (χ1) is 9.99. The van der Waals surface area contributed by atoms with Gasteiger partial charge in [0, 0.05) is 15.1 Å². The van der Waals surface area contributed by atoms with Crippen LogP contribution in [-0.2, 0) is 0 Å². The molecule has 2 aromatic carbocycles. The first kappa shape index (κ1) is 16.1. The molecule has 3 nitrogen and oxygen atoms in total. The van der Waals surface area contributed by atoms with Crippen LogP contribution in [0.2, 0.25) is 10.0 Å². The molecule has 0 saturated heterocycles. The highest BCUT2D eigenvalue weighted by atomic mass is 79.9. The molecule has 110 valence electrons. The van der Waals surface area contributed by atoms with E-state index >= 15 is 0 Å². The van der Waals surface area contributed by atoms with Crippen LogP contribution in [0.25, 0.3) is 0 Å². The van der Waals surface area contributed by atoms with Crippen molar-refractivity contribution in [1.82, 2.24) is 0 Å². The monoisotopic (exact) mass is 388 g/mol. The Morgan fingerprint density at radius 2 is 1.76 bits per heavy atom. The standard InChI is InChI=1S/C15H11BrCl2O3/c1-20-12-6-4-9(15(21-2)13(12)18)14(19)10-7-8(17)3-5-11(10)16/h3-7H,1-2H3. The lowest BCUT2D eigenvalue weighted by molar-refractivity contribution is 0.103. The number of carbonyl (C=O) groups is 1. The van der Waals surface area contributed by atoms with Crippen LogP contribution in [0.4, 0.5) is 0 Å². The Labute approximate surface area is 140 Å². The van der Waals surface area contributed by atoms with Crippen LogP contribution in [0, 0.1) is 0 Å². The molecule has 2 rings (SSSR count). The second kappa shape index (κ2) is 6.69. The zero-order valence-electron chi connectivity index (χ0n) is 11.2. The van der Waals surface area contributed by atoms with Crippen molar-refractivity contribution in [2.24, 2.45) is 0 Å². The van der Waals surface area contributed by atoms with Crippen molar-refractivity contribution in [3.63, 3.8) is 0 Å². The maximum atomic E-state index is 12.7. The van der Waals surface area contributed by atoms with E-state index in [-0.39, 0.29) is 16.6 Å². The molecule has 2 aromatic rings. The largest absolute Gasteiger partial charge is 0.495 e. The van der Waals surface area contributed by atoms with E-state index in [2.05, 4.69) is 15.9 Å². The molecule has 0 saturated carbocycles. The molecule has 0 heterocycles. The molecule has 0 fully saturated rings. The Bertz CT molecular complexity index is 702. The number of carbonyl (C=O) groups excluding carboxylic acids is 1. The molecule has 0 N–H and O–H groups in total. The van der Waals surface area contributed by atoms with Crippen molar-refractivity contribution in [3.05, 3.63) is 56.0 Å². The number of methoxy groups -OCH3 is 2. The quantitative estimate of drug-likeness (QED) is 0.690. The van der Waals surface area contributed by atoms with E-state index in [9.17, 15) is 4.79 Å². The lowest BCUT2D eigenvalue weighted by atomic mass is 10.0. The number of rotatable bonds is 4. The lowest BCUT2D eigenvalue weighted by Crippen LogP contribution is -2.06. The van der Waals surface area contributed by atoms with Gasteiger partial charge in [-0.1, -0.05) is 39.1 Å². The number of hydrogen-bond acceptors (Lipinski definition) is 3. The fourth-order valence-corrected chi connectivity index (χ4v) is 2.81. The van der Waals surface area contributed by atoms with Gasteiger partial charge in [-0.2, -0.15) is 0 Å². The van der Waals surface area contributed by atoms with Crippen molar-refractivity contribution in [2.45, 2.75) is 0 Å². The lowest BCUT2D eigenvalue weighted by Gasteiger charge is -2.13. The normalized spacial score (nSPS) is 10.3. The summed E-state index contributed by atoms with van der Waals surface area (Å²) < 4.78 is 11.0. The van der Waals surface area contributed by atoms with E-state index in [0.29, 0.717) is 26.4 Å². The summed E-state index contributed by atoms with van der Waals surface area (Å²) in [5.41, 5.74) is 0.772. The highest BCUT2D eigenvalue weighted by Crippen LogP contribution is 2.38. The molecule has 6 heteroatoms. The van der Waals surface area contributed by atoms with Gasteiger partial charge < -0.3 is 9.47 Å². The van der Waals surface area contributed by atoms with Crippen molar-refractivity contribution >= 4 is 44.9 Å². The Morgan fingerprint density at radius 3 is 2.38 bits per heavy atom. The van der Waals surface area contributed by atoms with Gasteiger partial charge in [-0.15, -0.1) is 0 Å². The Balaban J connectivity index is 2.58. The van der Waals surface area contributed by atoms with E-state index in [1.807, 2.05) is 0 Å². The predicted molar refractivity (Wildman–Crippen MR) is 87.1 cm³/mol. The molecular weight excluding hydrogens is 379 g/mol. The van der Waals surface area contributed by atoms with Crippen LogP contribution < -0.4 is 9.47 Å². The van der Waals surface area contributed by atoms with Crippen molar-refractivity contribution < 1.29 is 14.3 Å². The molecule has 0 spiro atoms. The highest BCUT2D eigenvalue weighted by Gasteiger charge is 2.21. The SMILES string of the molecule is COc1ccc(C(=O)c2cc(Cl)ccc2Br)c(OC)c1Cl. The minimum Gasteiger partial charge on any atom is -0.495 e. The number of ether oxygens (including phenoxy) is 2. The molecule has 0 aromatic heterocycles. The van der Waals surface area contributed by atoms with Crippen LogP contribution in [-0.4, -0.2) is 20.0 Å². The zero-order chi connectivity index (χ0) is 15.6. The van der Waals surface area contributed by atoms with Gasteiger partial charge in [0.2, 0.25) is 0 Å². The van der Waals surface area contributed by atoms with Gasteiger partial charge in [0.25, 0.3) is 0 Å². The summed E-state index contributed by atoms with van der Waals surface area (Å²) in [7, 11) is 2.94. The van der Waals surface area contributed by atoms with Gasteiger partial charge in [-0.05, 0) is 30.3 Å². The van der Waals surface area contributed by atoms with Crippen molar-refractivity contribution in [1.29, 1.82) is 0 Å². The van der Waals surface area contributed by atoms with E-state index in [1.165, 1.54) is 14.2 Å². The highest BCUT2D eigenvalue weighted by molar-refractivity contribution is 9.10. The Morgan fingerprint density at radius 1 is 1.05 bits per heavy atom. The fraction of sp³-hybridized carbons (Fsp3) is 0.133. The molecule has 0 unspecified atom stereocenters. The summed E-state index contributed by atoms with van der Waals surface area (Å²) in [6, 6.07) is 8.23. The first-order valence-corrected chi connectivity index (χ1v) is 7.44. The summed E-state index contributed by atoms with van der Waals surface area (Å²) in [5.74, 6) is 0.467. The minimum atomic E-state index is -0.245. The molecule has 0 radical (unpaired) electrons. The average Bonchev–Trinajstić information content (AvgIpc) is 2.48. The fourth-order valence-electron chi connectivity index (χ4n) is 1.89. The third-order valence-electron chi connectivity index (χ3n) is 2.90. The predicted octanol–water partition coefficient (Wildman–Crippen LogP) is 5.00. The van der Waals surface area contributed by atoms with E-state index in [0.717, 1.165) is 0 Å². The van der Waals surface area contributed by atoms with Crippen molar-refractivity contribution in [3.8, 4) is 11.5 Å². The Hall–Kier alpha value is -1.23. The van der Waals surface area contributed by atoms with Crippen LogP contribution in [0.5, 0.6) is 11.5 Å². The molecular formula is C15H11BrCl2O3. The van der Waals surface area contributed by atoms with Crippen LogP contribution >= 0.6 is 39.1 Å². The van der Waals surface area contributed by atoms with Gasteiger partial charge in [0.05, 0.1) is 19.8 Å². The van der Waals surface area contributed by atoms with Gasteiger partial charge in [-0.25, -0.2) is 0 Å². The number of benzene rings is 2. The second-order valence-electron chi connectivity index (χ2n) is 4.12. The Kier molecular flexibility index (Phi) is 5.14. The third kappa shape index (κ3) is 3.18. The van der Waals surface area contributed by atoms with Crippen LogP contribution in [0.1, 0.15) is 15.9 Å². The third-order valence-corrected chi connectivity index (χ3v) is 4.19. The van der Waals surface area contributed by atoms with Crippen LogP contribution in [0.3, 0.4) is 0 Å². The maximum Gasteiger partial charge on any atom is 0.197 e. The topological polar surface area (TPSA) is 35.5 Å². The molecule has 0 amide bonds. The summed E-state index contributed by atoms with van der Waals surface area (Å²) in [4.78, 5) is 12.7. The first-order valence-electron chi connectivity index (χ1n) is 5.89. The van der Waals surface area contributed by atoms with Crippen LogP contribution in [0.15, 0.2) is 34.8 Å². The van der Waals surface area contributed by atoms with Gasteiger partial charge in [0.1, 0.15) is 10.8 Å². The minimum absolute atomic E-state index is 0.245. The number of halogens is 3. The van der Waals surface area contributed by atoms with Crippen molar-refractivity contribution in [2.75, 3.05) is 14.2 Å². The number of hydrogen-bond donors (Lipinski definition) is 0. The van der Waals surface area contributed by atoms with Gasteiger partial charge in [0.15, 0.2) is 11.5 Å². The van der Waals surface area contributed by atoms with E-state index in [4.69, 9.17) is 32.7 Å². The molecule has 0 aliphatic rings.